The van der Waals surface area contributed by atoms with Crippen LogP contribution in [0.3, 0.4) is 0 Å². The fourth-order valence-electron chi connectivity index (χ4n) is 5.46. The summed E-state index contributed by atoms with van der Waals surface area (Å²) >= 11 is 0. The number of H-pyrrole nitrogens is 1. The molecule has 0 aliphatic carbocycles. The van der Waals surface area contributed by atoms with E-state index in [-0.39, 0.29) is 17.5 Å². The Balaban J connectivity index is 1.17. The van der Waals surface area contributed by atoms with Crippen LogP contribution in [0.2, 0.25) is 0 Å². The SMILES string of the molecule is O=C(Nc1cccc(C2CCCN(c3ncnc4[nH]ccc34)C2)c1)Nc1c(F)cccc1N1CCCC1=O. The summed E-state index contributed by atoms with van der Waals surface area (Å²) in [5.74, 6) is 0.519. The molecule has 2 aromatic heterocycles. The molecule has 6 rings (SSSR count). The number of carbonyl (C=O) groups is 2. The second-order valence-corrected chi connectivity index (χ2v) is 9.71. The second kappa shape index (κ2) is 10.1. The Morgan fingerprint density at radius 2 is 1.95 bits per heavy atom. The van der Waals surface area contributed by atoms with Gasteiger partial charge in [-0.3, -0.25) is 4.79 Å². The van der Waals surface area contributed by atoms with E-state index in [4.69, 9.17) is 0 Å². The highest BCUT2D eigenvalue weighted by atomic mass is 19.1. The number of carbonyl (C=O) groups excluding carboxylic acids is 2. The largest absolute Gasteiger partial charge is 0.355 e. The lowest BCUT2D eigenvalue weighted by Crippen LogP contribution is -2.35. The number of aromatic amines is 1. The molecule has 1 unspecified atom stereocenters. The number of amides is 3. The third-order valence-corrected chi connectivity index (χ3v) is 7.26. The molecule has 1 atom stereocenters. The quantitative estimate of drug-likeness (QED) is 0.338. The number of urea groups is 1. The fraction of sp³-hybridized carbons (Fsp3) is 0.286. The van der Waals surface area contributed by atoms with Crippen molar-refractivity contribution in [3.63, 3.8) is 0 Å². The first-order valence-electron chi connectivity index (χ1n) is 12.9. The molecule has 9 nitrogen and oxygen atoms in total. The maximum atomic E-state index is 14.7. The Morgan fingerprint density at radius 3 is 2.82 bits per heavy atom. The first-order chi connectivity index (χ1) is 18.6. The van der Waals surface area contributed by atoms with Crippen molar-refractivity contribution in [3.05, 3.63) is 72.4 Å². The van der Waals surface area contributed by atoms with Gasteiger partial charge in [0.25, 0.3) is 0 Å². The molecule has 38 heavy (non-hydrogen) atoms. The van der Waals surface area contributed by atoms with Gasteiger partial charge < -0.3 is 25.4 Å². The smallest absolute Gasteiger partial charge is 0.323 e. The number of piperidine rings is 1. The molecule has 2 saturated heterocycles. The Bertz CT molecular complexity index is 1500. The van der Waals surface area contributed by atoms with E-state index in [1.54, 1.807) is 18.5 Å². The maximum absolute atomic E-state index is 14.7. The second-order valence-electron chi connectivity index (χ2n) is 9.71. The number of nitrogens with one attached hydrogen (secondary N) is 3. The summed E-state index contributed by atoms with van der Waals surface area (Å²) in [5, 5.41) is 6.46. The average Bonchev–Trinajstić information content (AvgIpc) is 3.59. The van der Waals surface area contributed by atoms with Gasteiger partial charge in [-0.25, -0.2) is 19.2 Å². The number of anilines is 4. The molecule has 0 bridgehead atoms. The number of hydrogen-bond acceptors (Lipinski definition) is 5. The molecule has 10 heteroatoms. The molecular formula is C28H28FN7O2. The molecule has 2 fully saturated rings. The lowest BCUT2D eigenvalue weighted by atomic mass is 9.90. The third-order valence-electron chi connectivity index (χ3n) is 7.26. The van der Waals surface area contributed by atoms with Gasteiger partial charge >= 0.3 is 6.03 Å². The van der Waals surface area contributed by atoms with Gasteiger partial charge in [-0.05, 0) is 55.2 Å². The van der Waals surface area contributed by atoms with Gasteiger partial charge in [0.15, 0.2) is 0 Å². The monoisotopic (exact) mass is 513 g/mol. The van der Waals surface area contributed by atoms with Gasteiger partial charge in [-0.1, -0.05) is 18.2 Å². The van der Waals surface area contributed by atoms with Crippen LogP contribution in [0, 0.1) is 5.82 Å². The van der Waals surface area contributed by atoms with Crippen LogP contribution in [0.15, 0.2) is 61.1 Å². The summed E-state index contributed by atoms with van der Waals surface area (Å²) in [4.78, 5) is 40.9. The van der Waals surface area contributed by atoms with Crippen LogP contribution in [0.25, 0.3) is 11.0 Å². The molecule has 3 N–H and O–H groups in total. The highest BCUT2D eigenvalue weighted by Gasteiger charge is 2.27. The van der Waals surface area contributed by atoms with Gasteiger partial charge in [0.2, 0.25) is 5.91 Å². The molecule has 2 aliphatic rings. The first-order valence-corrected chi connectivity index (χ1v) is 12.9. The highest BCUT2D eigenvalue weighted by Crippen LogP contribution is 2.34. The van der Waals surface area contributed by atoms with E-state index in [1.807, 2.05) is 30.5 Å². The normalized spacial score (nSPS) is 17.7. The van der Waals surface area contributed by atoms with Crippen LogP contribution in [0.5, 0.6) is 0 Å². The fourth-order valence-corrected chi connectivity index (χ4v) is 5.46. The zero-order chi connectivity index (χ0) is 26.1. The number of halogens is 1. The summed E-state index contributed by atoms with van der Waals surface area (Å²) < 4.78 is 14.7. The lowest BCUT2D eigenvalue weighted by Gasteiger charge is -2.34. The number of nitrogens with zero attached hydrogens (tertiary/aromatic N) is 4. The molecule has 2 aliphatic heterocycles. The highest BCUT2D eigenvalue weighted by molar-refractivity contribution is 6.05. The lowest BCUT2D eigenvalue weighted by molar-refractivity contribution is -0.117. The number of para-hydroxylation sites is 1. The minimum atomic E-state index is -0.588. The van der Waals surface area contributed by atoms with E-state index in [0.29, 0.717) is 30.8 Å². The number of aromatic nitrogens is 3. The predicted molar refractivity (Wildman–Crippen MR) is 145 cm³/mol. The number of hydrogen-bond donors (Lipinski definition) is 3. The van der Waals surface area contributed by atoms with Gasteiger partial charge in [0, 0.05) is 43.9 Å². The van der Waals surface area contributed by atoms with E-state index in [9.17, 15) is 14.0 Å². The molecule has 3 amide bonds. The number of fused-ring (bicyclic) bond motifs is 1. The Kier molecular flexibility index (Phi) is 6.36. The summed E-state index contributed by atoms with van der Waals surface area (Å²) in [6.07, 6.45) is 6.62. The molecule has 4 aromatic rings. The zero-order valence-electron chi connectivity index (χ0n) is 20.8. The number of rotatable bonds is 5. The molecule has 194 valence electrons. The minimum absolute atomic E-state index is 0.000231. The van der Waals surface area contributed by atoms with E-state index >= 15 is 0 Å². The van der Waals surface area contributed by atoms with Gasteiger partial charge in [-0.2, -0.15) is 0 Å². The van der Waals surface area contributed by atoms with Gasteiger partial charge in [0.1, 0.15) is 29.3 Å². The van der Waals surface area contributed by atoms with Crippen LogP contribution in [-0.2, 0) is 4.79 Å². The summed E-state index contributed by atoms with van der Waals surface area (Å²) in [6, 6.07) is 13.6. The van der Waals surface area contributed by atoms with Crippen LogP contribution in [-0.4, -0.2) is 46.5 Å². The molecular weight excluding hydrogens is 485 g/mol. The molecule has 2 aromatic carbocycles. The minimum Gasteiger partial charge on any atom is -0.355 e. The van der Waals surface area contributed by atoms with Crippen molar-refractivity contribution in [1.29, 1.82) is 0 Å². The summed E-state index contributed by atoms with van der Waals surface area (Å²) in [7, 11) is 0. The topological polar surface area (TPSA) is 106 Å². The van der Waals surface area contributed by atoms with E-state index in [0.717, 1.165) is 48.3 Å². The van der Waals surface area contributed by atoms with Crippen LogP contribution in [0.1, 0.15) is 37.2 Å². The van der Waals surface area contributed by atoms with Crippen molar-refractivity contribution < 1.29 is 14.0 Å². The van der Waals surface area contributed by atoms with Crippen molar-refractivity contribution in [2.45, 2.75) is 31.6 Å². The molecule has 0 saturated carbocycles. The Hall–Kier alpha value is -4.47. The van der Waals surface area contributed by atoms with Crippen LogP contribution in [0.4, 0.5) is 32.1 Å². The predicted octanol–water partition coefficient (Wildman–Crippen LogP) is 5.25. The van der Waals surface area contributed by atoms with Crippen molar-refractivity contribution in [2.75, 3.05) is 40.1 Å². The standard InChI is InChI=1S/C28H28FN7O2/c29-22-8-2-9-23(36-14-4-10-24(36)37)25(22)34-28(38)33-20-7-1-5-18(15-20)19-6-3-13-35(16-19)27-21-11-12-30-26(21)31-17-32-27/h1-2,5,7-9,11-12,15,17,19H,3-4,6,10,13-14,16H2,(H,30,31,32)(H2,33,34,38). The van der Waals surface area contributed by atoms with Crippen LogP contribution < -0.4 is 20.4 Å². The van der Waals surface area contributed by atoms with E-state index in [2.05, 4.69) is 36.6 Å². The Labute approximate surface area is 219 Å². The van der Waals surface area contributed by atoms with Crippen molar-refractivity contribution in [1.82, 2.24) is 15.0 Å². The molecule has 0 spiro atoms. The zero-order valence-corrected chi connectivity index (χ0v) is 20.8. The summed E-state index contributed by atoms with van der Waals surface area (Å²) in [6.45, 7) is 2.22. The van der Waals surface area contributed by atoms with Gasteiger partial charge in [-0.15, -0.1) is 0 Å². The average molecular weight is 514 g/mol. The van der Waals surface area contributed by atoms with E-state index < -0.39 is 11.8 Å². The van der Waals surface area contributed by atoms with Crippen LogP contribution >= 0.6 is 0 Å². The maximum Gasteiger partial charge on any atom is 0.323 e. The number of benzene rings is 2. The molecule has 4 heterocycles. The van der Waals surface area contributed by atoms with Gasteiger partial charge in [0.05, 0.1) is 11.1 Å². The van der Waals surface area contributed by atoms with E-state index in [1.165, 1.54) is 11.0 Å². The van der Waals surface area contributed by atoms with Crippen molar-refractivity contribution in [2.24, 2.45) is 0 Å². The van der Waals surface area contributed by atoms with Crippen molar-refractivity contribution in [3.8, 4) is 0 Å². The molecule has 0 radical (unpaired) electrons. The third kappa shape index (κ3) is 4.65. The summed E-state index contributed by atoms with van der Waals surface area (Å²) in [5.41, 5.74) is 2.92. The Morgan fingerprint density at radius 1 is 1.05 bits per heavy atom. The first kappa shape index (κ1) is 23.9. The van der Waals surface area contributed by atoms with Crippen molar-refractivity contribution >= 4 is 45.9 Å².